The summed E-state index contributed by atoms with van der Waals surface area (Å²) in [7, 11) is 1.65. The third-order valence-electron chi connectivity index (χ3n) is 2.22. The molecule has 17 heavy (non-hydrogen) atoms. The normalized spacial score (nSPS) is 10.2. The third-order valence-corrected chi connectivity index (χ3v) is 3.33. The molecule has 2 N–H and O–H groups in total. The number of benzene rings is 1. The second-order valence-corrected chi connectivity index (χ2v) is 4.56. The highest BCUT2D eigenvalue weighted by atomic mass is 32.2. The van der Waals surface area contributed by atoms with Gasteiger partial charge >= 0.3 is 0 Å². The molecule has 2 aromatic rings. The Balaban J connectivity index is 2.22. The van der Waals surface area contributed by atoms with E-state index in [1.54, 1.807) is 25.1 Å². The van der Waals surface area contributed by atoms with Gasteiger partial charge < -0.3 is 10.5 Å². The van der Waals surface area contributed by atoms with Crippen molar-refractivity contribution < 1.29 is 4.74 Å². The van der Waals surface area contributed by atoms with Crippen LogP contribution < -0.4 is 10.5 Å². The fourth-order valence-electron chi connectivity index (χ4n) is 1.30. The summed E-state index contributed by atoms with van der Waals surface area (Å²) in [5.74, 6) is 1.14. The van der Waals surface area contributed by atoms with Crippen LogP contribution in [-0.2, 0) is 0 Å². The zero-order chi connectivity index (χ0) is 12.3. The molecule has 0 aliphatic heterocycles. The van der Waals surface area contributed by atoms with Crippen LogP contribution in [0.15, 0.2) is 40.4 Å². The van der Waals surface area contributed by atoms with Crippen LogP contribution in [0.4, 0.5) is 5.95 Å². The molecule has 0 atom stereocenters. The number of anilines is 1. The highest BCUT2D eigenvalue weighted by molar-refractivity contribution is 7.99. The molecule has 0 saturated heterocycles. The minimum atomic E-state index is 0.298. The first-order valence-corrected chi connectivity index (χ1v) is 5.91. The standard InChI is InChI=1S/C12H13N3OS/c1-8-7-14-12(13)15-11(8)17-10-5-3-9(16-2)4-6-10/h3-7H,1-2H3,(H2,13,14,15). The van der Waals surface area contributed by atoms with Crippen LogP contribution in [0.2, 0.25) is 0 Å². The first-order chi connectivity index (χ1) is 8.19. The number of hydrogen-bond acceptors (Lipinski definition) is 5. The lowest BCUT2D eigenvalue weighted by molar-refractivity contribution is 0.414. The van der Waals surface area contributed by atoms with Crippen molar-refractivity contribution in [3.8, 4) is 5.75 Å². The van der Waals surface area contributed by atoms with E-state index in [4.69, 9.17) is 10.5 Å². The average Bonchev–Trinajstić information content (AvgIpc) is 2.35. The predicted molar refractivity (Wildman–Crippen MR) is 68.3 cm³/mol. The molecule has 0 unspecified atom stereocenters. The largest absolute Gasteiger partial charge is 0.497 e. The van der Waals surface area contributed by atoms with Crippen molar-refractivity contribution in [2.45, 2.75) is 16.8 Å². The molecular formula is C12H13N3OS. The number of methoxy groups -OCH3 is 1. The van der Waals surface area contributed by atoms with Crippen molar-refractivity contribution in [2.24, 2.45) is 0 Å². The van der Waals surface area contributed by atoms with Gasteiger partial charge in [-0.05, 0) is 31.2 Å². The molecule has 1 aromatic heterocycles. The Morgan fingerprint density at radius 2 is 1.94 bits per heavy atom. The summed E-state index contributed by atoms with van der Waals surface area (Å²) in [6.07, 6.45) is 1.73. The number of aromatic nitrogens is 2. The lowest BCUT2D eigenvalue weighted by Crippen LogP contribution is -1.97. The highest BCUT2D eigenvalue weighted by Crippen LogP contribution is 2.29. The molecule has 88 valence electrons. The summed E-state index contributed by atoms with van der Waals surface area (Å²) in [6.45, 7) is 1.96. The molecule has 1 aromatic carbocycles. The zero-order valence-corrected chi connectivity index (χ0v) is 10.5. The van der Waals surface area contributed by atoms with Gasteiger partial charge in [0.1, 0.15) is 10.8 Å². The van der Waals surface area contributed by atoms with Crippen LogP contribution in [-0.4, -0.2) is 17.1 Å². The molecule has 0 bridgehead atoms. The smallest absolute Gasteiger partial charge is 0.221 e. The minimum absolute atomic E-state index is 0.298. The summed E-state index contributed by atoms with van der Waals surface area (Å²) in [6, 6.07) is 7.81. The van der Waals surface area contributed by atoms with Crippen LogP contribution in [0.25, 0.3) is 0 Å². The van der Waals surface area contributed by atoms with Gasteiger partial charge in [0.15, 0.2) is 0 Å². The maximum atomic E-state index is 5.57. The molecule has 0 radical (unpaired) electrons. The van der Waals surface area contributed by atoms with Gasteiger partial charge in [-0.3, -0.25) is 0 Å². The second-order valence-electron chi connectivity index (χ2n) is 3.49. The van der Waals surface area contributed by atoms with Gasteiger partial charge in [-0.15, -0.1) is 0 Å². The molecule has 0 amide bonds. The van der Waals surface area contributed by atoms with Crippen molar-refractivity contribution in [3.63, 3.8) is 0 Å². The SMILES string of the molecule is COc1ccc(Sc2nc(N)ncc2C)cc1. The topological polar surface area (TPSA) is 61.0 Å². The third kappa shape index (κ3) is 2.88. The monoisotopic (exact) mass is 247 g/mol. The van der Waals surface area contributed by atoms with E-state index in [0.29, 0.717) is 5.95 Å². The van der Waals surface area contributed by atoms with E-state index in [1.165, 1.54) is 0 Å². The number of rotatable bonds is 3. The first kappa shape index (κ1) is 11.7. The summed E-state index contributed by atoms with van der Waals surface area (Å²) >= 11 is 1.56. The lowest BCUT2D eigenvalue weighted by atomic mass is 10.3. The average molecular weight is 247 g/mol. The van der Waals surface area contributed by atoms with Crippen LogP contribution >= 0.6 is 11.8 Å². The molecule has 0 fully saturated rings. The van der Waals surface area contributed by atoms with E-state index in [9.17, 15) is 0 Å². The van der Waals surface area contributed by atoms with Gasteiger partial charge in [0, 0.05) is 16.7 Å². The van der Waals surface area contributed by atoms with Crippen LogP contribution in [0.5, 0.6) is 5.75 Å². The van der Waals surface area contributed by atoms with Gasteiger partial charge in [0.25, 0.3) is 0 Å². The van der Waals surface area contributed by atoms with Crippen LogP contribution in [0.1, 0.15) is 5.56 Å². The van der Waals surface area contributed by atoms with Crippen LogP contribution in [0.3, 0.4) is 0 Å². The number of aryl methyl sites for hydroxylation is 1. The first-order valence-electron chi connectivity index (χ1n) is 5.10. The summed E-state index contributed by atoms with van der Waals surface area (Å²) in [5.41, 5.74) is 6.59. The quantitative estimate of drug-likeness (QED) is 0.844. The van der Waals surface area contributed by atoms with Gasteiger partial charge in [-0.2, -0.15) is 0 Å². The van der Waals surface area contributed by atoms with Crippen molar-refractivity contribution in [1.82, 2.24) is 9.97 Å². The fraction of sp³-hybridized carbons (Fsp3) is 0.167. The molecule has 0 saturated carbocycles. The Kier molecular flexibility index (Phi) is 3.49. The summed E-state index contributed by atoms with van der Waals surface area (Å²) in [5, 5.41) is 0.877. The van der Waals surface area contributed by atoms with E-state index in [0.717, 1.165) is 21.2 Å². The minimum Gasteiger partial charge on any atom is -0.497 e. The summed E-state index contributed by atoms with van der Waals surface area (Å²) < 4.78 is 5.11. The van der Waals surface area contributed by atoms with E-state index >= 15 is 0 Å². The van der Waals surface area contributed by atoms with Crippen LogP contribution in [0, 0.1) is 6.92 Å². The number of nitrogens with zero attached hydrogens (tertiary/aromatic N) is 2. The molecule has 0 aliphatic rings. The number of nitrogens with two attached hydrogens (primary N) is 1. The second kappa shape index (κ2) is 5.05. The molecule has 5 heteroatoms. The predicted octanol–water partition coefficient (Wildman–Crippen LogP) is 2.53. The maximum Gasteiger partial charge on any atom is 0.221 e. The van der Waals surface area contributed by atoms with Crippen molar-refractivity contribution in [3.05, 3.63) is 36.0 Å². The molecule has 1 heterocycles. The zero-order valence-electron chi connectivity index (χ0n) is 9.68. The van der Waals surface area contributed by atoms with Gasteiger partial charge in [-0.25, -0.2) is 9.97 Å². The lowest BCUT2D eigenvalue weighted by Gasteiger charge is -2.05. The molecule has 4 nitrogen and oxygen atoms in total. The van der Waals surface area contributed by atoms with E-state index in [2.05, 4.69) is 9.97 Å². The number of hydrogen-bond donors (Lipinski definition) is 1. The fourth-order valence-corrected chi connectivity index (χ4v) is 2.15. The van der Waals surface area contributed by atoms with Crippen molar-refractivity contribution in [2.75, 3.05) is 12.8 Å². The molecular weight excluding hydrogens is 234 g/mol. The summed E-state index contributed by atoms with van der Waals surface area (Å²) in [4.78, 5) is 9.24. The Bertz CT molecular complexity index is 514. The van der Waals surface area contributed by atoms with Gasteiger partial charge in [0.05, 0.1) is 7.11 Å². The Hall–Kier alpha value is -1.75. The molecule has 2 rings (SSSR count). The van der Waals surface area contributed by atoms with Gasteiger partial charge in [-0.1, -0.05) is 11.8 Å². The maximum absolute atomic E-state index is 5.57. The Labute approximate surface area is 104 Å². The van der Waals surface area contributed by atoms with Crippen molar-refractivity contribution in [1.29, 1.82) is 0 Å². The van der Waals surface area contributed by atoms with E-state index in [-0.39, 0.29) is 0 Å². The van der Waals surface area contributed by atoms with E-state index < -0.39 is 0 Å². The molecule has 0 aliphatic carbocycles. The molecule has 0 spiro atoms. The van der Waals surface area contributed by atoms with E-state index in [1.807, 2.05) is 31.2 Å². The number of ether oxygens (including phenoxy) is 1. The highest BCUT2D eigenvalue weighted by Gasteiger charge is 2.04. The Morgan fingerprint density at radius 3 is 2.59 bits per heavy atom. The number of nitrogen functional groups attached to an aromatic ring is 1. The van der Waals surface area contributed by atoms with Crippen molar-refractivity contribution >= 4 is 17.7 Å². The van der Waals surface area contributed by atoms with Gasteiger partial charge in [0.2, 0.25) is 5.95 Å². The Morgan fingerprint density at radius 1 is 1.24 bits per heavy atom.